The molecule has 0 aromatic heterocycles. The lowest BCUT2D eigenvalue weighted by molar-refractivity contribution is 0.246. The quantitative estimate of drug-likeness (QED) is 0.741. The van der Waals surface area contributed by atoms with Crippen LogP contribution in [0, 0.1) is 5.41 Å². The monoisotopic (exact) mass is 296 g/mol. The largest absolute Gasteiger partial charge is 0.493 e. The molecule has 1 aliphatic carbocycles. The zero-order chi connectivity index (χ0) is 12.5. The smallest absolute Gasteiger partial charge is 0.123 e. The van der Waals surface area contributed by atoms with Crippen molar-refractivity contribution in [2.75, 3.05) is 11.9 Å². The molecule has 1 saturated carbocycles. The predicted molar refractivity (Wildman–Crippen MR) is 76.1 cm³/mol. The molecule has 1 aromatic rings. The Balaban J connectivity index is 2.10. The SMILES string of the molecule is CC(C)(C)c1ccccc1OCC1(CBr)CC1. The highest BCUT2D eigenvalue weighted by atomic mass is 79.9. The van der Waals surface area contributed by atoms with Gasteiger partial charge in [0.2, 0.25) is 0 Å². The molecule has 0 aliphatic heterocycles. The number of ether oxygens (including phenoxy) is 1. The van der Waals surface area contributed by atoms with Gasteiger partial charge in [0.05, 0.1) is 6.61 Å². The number of rotatable bonds is 4. The fourth-order valence-electron chi connectivity index (χ4n) is 1.94. The van der Waals surface area contributed by atoms with Crippen molar-refractivity contribution in [2.24, 2.45) is 5.41 Å². The van der Waals surface area contributed by atoms with E-state index in [1.165, 1.54) is 18.4 Å². The lowest BCUT2D eigenvalue weighted by Crippen LogP contribution is -2.18. The van der Waals surface area contributed by atoms with Gasteiger partial charge in [-0.05, 0) is 29.9 Å². The average molecular weight is 297 g/mol. The molecule has 0 spiro atoms. The molecule has 1 aliphatic rings. The highest BCUT2D eigenvalue weighted by Crippen LogP contribution is 2.47. The molecule has 0 bridgehead atoms. The third kappa shape index (κ3) is 3.04. The van der Waals surface area contributed by atoms with Crippen LogP contribution in [0.5, 0.6) is 5.75 Å². The third-order valence-electron chi connectivity index (χ3n) is 3.47. The molecule has 0 heterocycles. The van der Waals surface area contributed by atoms with Crippen LogP contribution in [0.4, 0.5) is 0 Å². The van der Waals surface area contributed by atoms with Crippen LogP contribution in [0.25, 0.3) is 0 Å². The Morgan fingerprint density at radius 3 is 2.41 bits per heavy atom. The van der Waals surface area contributed by atoms with Crippen molar-refractivity contribution >= 4 is 15.9 Å². The Morgan fingerprint density at radius 1 is 1.24 bits per heavy atom. The summed E-state index contributed by atoms with van der Waals surface area (Å²) in [7, 11) is 0. The minimum absolute atomic E-state index is 0.141. The fraction of sp³-hybridized carbons (Fsp3) is 0.600. The third-order valence-corrected chi connectivity index (χ3v) is 4.66. The Kier molecular flexibility index (Phi) is 3.53. The van der Waals surface area contributed by atoms with Gasteiger partial charge >= 0.3 is 0 Å². The van der Waals surface area contributed by atoms with Crippen molar-refractivity contribution in [1.82, 2.24) is 0 Å². The molecule has 1 aromatic carbocycles. The average Bonchev–Trinajstić information content (AvgIpc) is 3.06. The first-order valence-electron chi connectivity index (χ1n) is 6.25. The Labute approximate surface area is 113 Å². The first-order valence-corrected chi connectivity index (χ1v) is 7.37. The van der Waals surface area contributed by atoms with E-state index in [4.69, 9.17) is 4.74 Å². The minimum atomic E-state index is 0.141. The molecular weight excluding hydrogens is 276 g/mol. The molecule has 17 heavy (non-hydrogen) atoms. The van der Waals surface area contributed by atoms with E-state index in [1.807, 2.05) is 0 Å². The highest BCUT2D eigenvalue weighted by Gasteiger charge is 2.42. The first kappa shape index (κ1) is 12.9. The summed E-state index contributed by atoms with van der Waals surface area (Å²) < 4.78 is 6.05. The predicted octanol–water partition coefficient (Wildman–Crippen LogP) is 4.54. The van der Waals surface area contributed by atoms with E-state index in [0.717, 1.165) is 17.7 Å². The zero-order valence-corrected chi connectivity index (χ0v) is 12.5. The Bertz CT molecular complexity index is 388. The van der Waals surface area contributed by atoms with E-state index >= 15 is 0 Å². The van der Waals surface area contributed by atoms with Crippen LogP contribution in [0.2, 0.25) is 0 Å². The number of alkyl halides is 1. The van der Waals surface area contributed by atoms with E-state index in [0.29, 0.717) is 5.41 Å². The standard InChI is InChI=1S/C15H21BrO/c1-14(2,3)12-6-4-5-7-13(12)17-11-15(10-16)8-9-15/h4-7H,8-11H2,1-3H3. The number of para-hydroxylation sites is 1. The van der Waals surface area contributed by atoms with Crippen molar-refractivity contribution in [3.05, 3.63) is 29.8 Å². The second kappa shape index (κ2) is 4.64. The molecule has 94 valence electrons. The van der Waals surface area contributed by atoms with Gasteiger partial charge in [0, 0.05) is 10.7 Å². The Hall–Kier alpha value is -0.500. The molecule has 0 N–H and O–H groups in total. The summed E-state index contributed by atoms with van der Waals surface area (Å²) in [6, 6.07) is 8.40. The summed E-state index contributed by atoms with van der Waals surface area (Å²) in [4.78, 5) is 0. The van der Waals surface area contributed by atoms with Crippen LogP contribution in [0.1, 0.15) is 39.2 Å². The Morgan fingerprint density at radius 2 is 1.88 bits per heavy atom. The van der Waals surface area contributed by atoms with Crippen molar-refractivity contribution in [1.29, 1.82) is 0 Å². The molecule has 1 fully saturated rings. The molecule has 1 nitrogen and oxygen atoms in total. The maximum Gasteiger partial charge on any atom is 0.123 e. The van der Waals surface area contributed by atoms with Crippen LogP contribution in [-0.2, 0) is 5.41 Å². The normalized spacial score (nSPS) is 17.9. The number of benzene rings is 1. The summed E-state index contributed by atoms with van der Waals surface area (Å²) in [5, 5.41) is 1.05. The van der Waals surface area contributed by atoms with E-state index in [9.17, 15) is 0 Å². The van der Waals surface area contributed by atoms with Crippen molar-refractivity contribution < 1.29 is 4.74 Å². The van der Waals surface area contributed by atoms with Crippen LogP contribution in [0.15, 0.2) is 24.3 Å². The molecular formula is C15H21BrO. The highest BCUT2D eigenvalue weighted by molar-refractivity contribution is 9.09. The van der Waals surface area contributed by atoms with Gasteiger partial charge in [-0.2, -0.15) is 0 Å². The fourth-order valence-corrected chi connectivity index (χ4v) is 2.66. The van der Waals surface area contributed by atoms with Crippen LogP contribution in [0.3, 0.4) is 0 Å². The summed E-state index contributed by atoms with van der Waals surface area (Å²) >= 11 is 3.58. The maximum atomic E-state index is 6.05. The second-order valence-corrected chi connectivity index (χ2v) is 6.73. The van der Waals surface area contributed by atoms with E-state index in [1.54, 1.807) is 0 Å². The van der Waals surface area contributed by atoms with Gasteiger partial charge in [0.15, 0.2) is 0 Å². The van der Waals surface area contributed by atoms with Gasteiger partial charge in [-0.25, -0.2) is 0 Å². The number of halogens is 1. The van der Waals surface area contributed by atoms with Crippen molar-refractivity contribution in [3.8, 4) is 5.75 Å². The molecule has 0 unspecified atom stereocenters. The van der Waals surface area contributed by atoms with Gasteiger partial charge in [-0.3, -0.25) is 0 Å². The lowest BCUT2D eigenvalue weighted by atomic mass is 9.86. The zero-order valence-electron chi connectivity index (χ0n) is 10.9. The molecule has 0 amide bonds. The summed E-state index contributed by atoms with van der Waals surface area (Å²) in [5.41, 5.74) is 1.84. The van der Waals surface area contributed by atoms with Gasteiger partial charge < -0.3 is 4.74 Å². The lowest BCUT2D eigenvalue weighted by Gasteiger charge is -2.24. The number of hydrogen-bond acceptors (Lipinski definition) is 1. The van der Waals surface area contributed by atoms with Crippen LogP contribution >= 0.6 is 15.9 Å². The topological polar surface area (TPSA) is 9.23 Å². The summed E-state index contributed by atoms with van der Waals surface area (Å²) in [6.45, 7) is 7.52. The number of hydrogen-bond donors (Lipinski definition) is 0. The van der Waals surface area contributed by atoms with E-state index < -0.39 is 0 Å². The van der Waals surface area contributed by atoms with Crippen LogP contribution in [-0.4, -0.2) is 11.9 Å². The molecule has 0 atom stereocenters. The van der Waals surface area contributed by atoms with Crippen molar-refractivity contribution in [2.45, 2.75) is 39.0 Å². The first-order chi connectivity index (χ1) is 7.97. The molecule has 2 heteroatoms. The molecule has 0 radical (unpaired) electrons. The van der Waals surface area contributed by atoms with Gasteiger partial charge in [0.1, 0.15) is 5.75 Å². The van der Waals surface area contributed by atoms with Gasteiger partial charge in [-0.1, -0.05) is 54.9 Å². The summed E-state index contributed by atoms with van der Waals surface area (Å²) in [6.07, 6.45) is 2.58. The molecule has 0 saturated heterocycles. The van der Waals surface area contributed by atoms with Crippen LogP contribution < -0.4 is 4.74 Å². The van der Waals surface area contributed by atoms with E-state index in [-0.39, 0.29) is 5.41 Å². The minimum Gasteiger partial charge on any atom is -0.493 e. The van der Waals surface area contributed by atoms with Gasteiger partial charge in [-0.15, -0.1) is 0 Å². The summed E-state index contributed by atoms with van der Waals surface area (Å²) in [5.74, 6) is 1.05. The van der Waals surface area contributed by atoms with Gasteiger partial charge in [0.25, 0.3) is 0 Å². The second-order valence-electron chi connectivity index (χ2n) is 6.17. The molecule has 2 rings (SSSR count). The van der Waals surface area contributed by atoms with Crippen molar-refractivity contribution in [3.63, 3.8) is 0 Å². The van der Waals surface area contributed by atoms with E-state index in [2.05, 4.69) is 61.0 Å². The maximum absolute atomic E-state index is 6.05.